The van der Waals surface area contributed by atoms with Crippen LogP contribution in [0.25, 0.3) is 0 Å². The molecule has 4 nitrogen and oxygen atoms in total. The molecule has 1 N–H and O–H groups in total. The number of benzene rings is 1. The topological polar surface area (TPSA) is 43.8 Å². The van der Waals surface area contributed by atoms with Crippen LogP contribution in [0.5, 0.6) is 0 Å². The Hall–Kier alpha value is -1.39. The summed E-state index contributed by atoms with van der Waals surface area (Å²) in [5, 5.41) is 9.18. The normalized spacial score (nSPS) is 16.6. The highest BCUT2D eigenvalue weighted by Gasteiger charge is 2.27. The van der Waals surface area contributed by atoms with Crippen LogP contribution < -0.4 is 4.90 Å². The monoisotopic (exact) mass is 234 g/mol. The van der Waals surface area contributed by atoms with E-state index in [1.807, 2.05) is 42.2 Å². The van der Waals surface area contributed by atoms with Crippen LogP contribution in [0.3, 0.4) is 0 Å². The van der Waals surface area contributed by atoms with E-state index in [-0.39, 0.29) is 12.0 Å². The standard InChI is InChI=1S/C13H18N2O2/c1-2-15(11-6-4-3-5-7-11)13(17)10-14-8-12(16)9-14/h3-7,12,16H,2,8-10H2,1H3. The Kier molecular flexibility index (Phi) is 3.76. The molecule has 1 saturated heterocycles. The molecule has 1 aromatic rings. The molecule has 0 saturated carbocycles. The molecule has 0 aromatic heterocycles. The molecule has 1 aliphatic heterocycles. The number of rotatable bonds is 4. The fraction of sp³-hybridized carbons (Fsp3) is 0.462. The summed E-state index contributed by atoms with van der Waals surface area (Å²) in [6.45, 7) is 4.24. The number of carbonyl (C=O) groups is 1. The molecule has 0 aliphatic carbocycles. The van der Waals surface area contributed by atoms with Gasteiger partial charge in [-0.25, -0.2) is 0 Å². The summed E-state index contributed by atoms with van der Waals surface area (Å²) in [5.74, 6) is 0.0885. The molecule has 0 spiro atoms. The van der Waals surface area contributed by atoms with Crippen LogP contribution >= 0.6 is 0 Å². The van der Waals surface area contributed by atoms with Crippen LogP contribution in [-0.4, -0.2) is 48.2 Å². The Morgan fingerprint density at radius 2 is 2.06 bits per heavy atom. The minimum Gasteiger partial charge on any atom is -0.390 e. The predicted molar refractivity (Wildman–Crippen MR) is 66.9 cm³/mol. The van der Waals surface area contributed by atoms with E-state index < -0.39 is 0 Å². The maximum Gasteiger partial charge on any atom is 0.241 e. The first-order chi connectivity index (χ1) is 8.20. The van der Waals surface area contributed by atoms with Crippen LogP contribution in [0.2, 0.25) is 0 Å². The first kappa shape index (κ1) is 12.1. The van der Waals surface area contributed by atoms with Gasteiger partial charge in [-0.2, -0.15) is 0 Å². The first-order valence-corrected chi connectivity index (χ1v) is 5.96. The van der Waals surface area contributed by atoms with Crippen molar-refractivity contribution in [1.82, 2.24) is 4.90 Å². The number of carbonyl (C=O) groups excluding carboxylic acids is 1. The molecule has 1 aromatic carbocycles. The van der Waals surface area contributed by atoms with Crippen LogP contribution in [0.15, 0.2) is 30.3 Å². The van der Waals surface area contributed by atoms with Crippen molar-refractivity contribution in [2.45, 2.75) is 13.0 Å². The molecule has 17 heavy (non-hydrogen) atoms. The van der Waals surface area contributed by atoms with Gasteiger partial charge in [0.2, 0.25) is 5.91 Å². The fourth-order valence-electron chi connectivity index (χ4n) is 2.06. The molecular formula is C13H18N2O2. The van der Waals surface area contributed by atoms with E-state index in [2.05, 4.69) is 0 Å². The number of likely N-dealkylation sites (tertiary alicyclic amines) is 1. The number of para-hydroxylation sites is 1. The van der Waals surface area contributed by atoms with Crippen LogP contribution in [-0.2, 0) is 4.79 Å². The van der Waals surface area contributed by atoms with Gasteiger partial charge in [-0.3, -0.25) is 9.69 Å². The summed E-state index contributed by atoms with van der Waals surface area (Å²) in [4.78, 5) is 15.8. The van der Waals surface area contributed by atoms with E-state index in [4.69, 9.17) is 0 Å². The zero-order valence-corrected chi connectivity index (χ0v) is 10.0. The highest BCUT2D eigenvalue weighted by molar-refractivity contribution is 5.94. The van der Waals surface area contributed by atoms with Gasteiger partial charge in [0.1, 0.15) is 0 Å². The number of nitrogens with zero attached hydrogens (tertiary/aromatic N) is 2. The van der Waals surface area contributed by atoms with Crippen molar-refractivity contribution < 1.29 is 9.90 Å². The summed E-state index contributed by atoms with van der Waals surface area (Å²) in [6, 6.07) is 9.67. The third-order valence-electron chi connectivity index (χ3n) is 2.98. The quantitative estimate of drug-likeness (QED) is 0.834. The number of amides is 1. The lowest BCUT2D eigenvalue weighted by Gasteiger charge is -2.36. The van der Waals surface area contributed by atoms with E-state index >= 15 is 0 Å². The summed E-state index contributed by atoms with van der Waals surface area (Å²) >= 11 is 0. The Balaban J connectivity index is 1.96. The number of hydrogen-bond acceptors (Lipinski definition) is 3. The largest absolute Gasteiger partial charge is 0.390 e. The second kappa shape index (κ2) is 5.29. The zero-order chi connectivity index (χ0) is 12.3. The first-order valence-electron chi connectivity index (χ1n) is 5.96. The van der Waals surface area contributed by atoms with Gasteiger partial charge in [0.25, 0.3) is 0 Å². The smallest absolute Gasteiger partial charge is 0.241 e. The lowest BCUT2D eigenvalue weighted by molar-refractivity contribution is -0.122. The van der Waals surface area contributed by atoms with Crippen molar-refractivity contribution in [2.75, 3.05) is 31.1 Å². The van der Waals surface area contributed by atoms with Gasteiger partial charge in [-0.15, -0.1) is 0 Å². The summed E-state index contributed by atoms with van der Waals surface area (Å²) < 4.78 is 0. The Morgan fingerprint density at radius 1 is 1.41 bits per heavy atom. The van der Waals surface area contributed by atoms with Crippen LogP contribution in [0.1, 0.15) is 6.92 Å². The molecule has 4 heteroatoms. The Labute approximate surface area is 101 Å². The van der Waals surface area contributed by atoms with Gasteiger partial charge in [-0.05, 0) is 19.1 Å². The predicted octanol–water partition coefficient (Wildman–Crippen LogP) is 0.716. The lowest BCUT2D eigenvalue weighted by Crippen LogP contribution is -2.54. The Morgan fingerprint density at radius 3 is 2.59 bits per heavy atom. The number of likely N-dealkylation sites (N-methyl/N-ethyl adjacent to an activating group) is 1. The summed E-state index contributed by atoms with van der Waals surface area (Å²) in [5.41, 5.74) is 0.932. The SMILES string of the molecule is CCN(C(=O)CN1CC(O)C1)c1ccccc1. The molecule has 1 heterocycles. The average Bonchev–Trinajstić information content (AvgIpc) is 2.29. The Bertz CT molecular complexity index is 374. The molecule has 2 rings (SSSR count). The third kappa shape index (κ3) is 2.84. The third-order valence-corrected chi connectivity index (χ3v) is 2.98. The van der Waals surface area contributed by atoms with Gasteiger partial charge >= 0.3 is 0 Å². The number of aliphatic hydroxyl groups excluding tert-OH is 1. The molecule has 1 fully saturated rings. The van der Waals surface area contributed by atoms with Gasteiger partial charge in [0.05, 0.1) is 12.6 Å². The summed E-state index contributed by atoms with van der Waals surface area (Å²) in [6.07, 6.45) is -0.255. The van der Waals surface area contributed by atoms with Gasteiger partial charge in [0.15, 0.2) is 0 Å². The number of anilines is 1. The van der Waals surface area contributed by atoms with Crippen molar-refractivity contribution >= 4 is 11.6 Å². The van der Waals surface area contributed by atoms with Gasteiger partial charge in [-0.1, -0.05) is 18.2 Å². The molecule has 92 valence electrons. The summed E-state index contributed by atoms with van der Waals surface area (Å²) in [7, 11) is 0. The second-order valence-corrected chi connectivity index (χ2v) is 4.32. The average molecular weight is 234 g/mol. The van der Waals surface area contributed by atoms with Gasteiger partial charge in [0, 0.05) is 25.3 Å². The van der Waals surface area contributed by atoms with Crippen molar-refractivity contribution in [1.29, 1.82) is 0 Å². The molecule has 1 amide bonds. The highest BCUT2D eigenvalue weighted by atomic mass is 16.3. The van der Waals surface area contributed by atoms with E-state index in [0.29, 0.717) is 26.2 Å². The highest BCUT2D eigenvalue weighted by Crippen LogP contribution is 2.14. The molecule has 0 atom stereocenters. The lowest BCUT2D eigenvalue weighted by atomic mass is 10.1. The van der Waals surface area contributed by atoms with E-state index in [0.717, 1.165) is 5.69 Å². The minimum atomic E-state index is -0.255. The zero-order valence-electron chi connectivity index (χ0n) is 10.0. The second-order valence-electron chi connectivity index (χ2n) is 4.32. The maximum atomic E-state index is 12.1. The van der Waals surface area contributed by atoms with Crippen molar-refractivity contribution in [3.05, 3.63) is 30.3 Å². The van der Waals surface area contributed by atoms with Crippen molar-refractivity contribution in [3.63, 3.8) is 0 Å². The molecule has 1 aliphatic rings. The fourth-order valence-corrected chi connectivity index (χ4v) is 2.06. The number of hydrogen-bond donors (Lipinski definition) is 1. The molecular weight excluding hydrogens is 216 g/mol. The molecule has 0 radical (unpaired) electrons. The maximum absolute atomic E-state index is 12.1. The van der Waals surface area contributed by atoms with Crippen LogP contribution in [0.4, 0.5) is 5.69 Å². The molecule has 0 unspecified atom stereocenters. The van der Waals surface area contributed by atoms with E-state index in [1.54, 1.807) is 4.90 Å². The minimum absolute atomic E-state index is 0.0885. The number of β-amino-alcohol motifs (C(OH)–C–C–N with tert-alkyl or cyclic N) is 1. The van der Waals surface area contributed by atoms with Crippen molar-refractivity contribution in [2.24, 2.45) is 0 Å². The molecule has 0 bridgehead atoms. The number of aliphatic hydroxyl groups is 1. The van der Waals surface area contributed by atoms with Gasteiger partial charge < -0.3 is 10.0 Å². The van der Waals surface area contributed by atoms with Crippen molar-refractivity contribution in [3.8, 4) is 0 Å². The van der Waals surface area contributed by atoms with E-state index in [9.17, 15) is 9.90 Å². The van der Waals surface area contributed by atoms with Crippen LogP contribution in [0, 0.1) is 0 Å². The van der Waals surface area contributed by atoms with E-state index in [1.165, 1.54) is 0 Å².